The molecule has 23 heavy (non-hydrogen) atoms. The first-order valence-electron chi connectivity index (χ1n) is 6.68. The number of nitrogens with one attached hydrogen (secondary N) is 1. The highest BCUT2D eigenvalue weighted by atomic mass is 19.2. The van der Waals surface area contributed by atoms with Gasteiger partial charge in [-0.3, -0.25) is 14.8 Å². The van der Waals surface area contributed by atoms with Gasteiger partial charge in [-0.1, -0.05) is 6.07 Å². The number of amidine groups is 1. The fraction of sp³-hybridized carbons (Fsp3) is 0. The van der Waals surface area contributed by atoms with Crippen LogP contribution in [0.2, 0.25) is 0 Å². The second-order valence-corrected chi connectivity index (χ2v) is 4.87. The number of fused-ring (bicyclic) bond motifs is 1. The number of nitrogens with zero attached hydrogens (tertiary/aromatic N) is 2. The Morgan fingerprint density at radius 1 is 1.17 bits per heavy atom. The number of aliphatic imine (C=N–C) groups is 1. The Labute approximate surface area is 130 Å². The van der Waals surface area contributed by atoms with Crippen LogP contribution in [0.15, 0.2) is 53.7 Å². The predicted octanol–water partition coefficient (Wildman–Crippen LogP) is 3.63. The molecule has 0 aliphatic heterocycles. The van der Waals surface area contributed by atoms with Gasteiger partial charge in [-0.25, -0.2) is 13.8 Å². The minimum absolute atomic E-state index is 0.0159. The molecule has 2 aromatic carbocycles. The number of rotatable bonds is 2. The molecule has 3 aromatic rings. The second-order valence-electron chi connectivity index (χ2n) is 4.87. The molecule has 3 rings (SSSR count). The molecule has 0 unspecified atom stereocenters. The zero-order valence-corrected chi connectivity index (χ0v) is 11.9. The summed E-state index contributed by atoms with van der Waals surface area (Å²) in [5, 5.41) is 8.32. The second kappa shape index (κ2) is 5.57. The lowest BCUT2D eigenvalue weighted by atomic mass is 10.1. The van der Waals surface area contributed by atoms with Crippen LogP contribution in [0.1, 0.15) is 15.9 Å². The Bertz CT molecular complexity index is 960. The number of aromatic nitrogens is 1. The van der Waals surface area contributed by atoms with Crippen LogP contribution >= 0.6 is 0 Å². The first-order valence-corrected chi connectivity index (χ1v) is 6.68. The van der Waals surface area contributed by atoms with Gasteiger partial charge in [-0.15, -0.1) is 0 Å². The van der Waals surface area contributed by atoms with Crippen molar-refractivity contribution in [1.82, 2.24) is 4.57 Å². The molecular formula is C17H11F2N3O. The van der Waals surface area contributed by atoms with Gasteiger partial charge in [0.2, 0.25) is 0 Å². The standard InChI is InChI=1S/C17H11F2N3O/c1-21-16(20)11-5-6-14-10(9-11)7-8-22(14)17(23)12-3-2-4-13(18)15(12)19/h2-9,20H,1H2. The van der Waals surface area contributed by atoms with Crippen molar-refractivity contribution in [3.05, 3.63) is 71.4 Å². The maximum Gasteiger partial charge on any atom is 0.265 e. The minimum Gasteiger partial charge on any atom is -0.283 e. The van der Waals surface area contributed by atoms with Crippen molar-refractivity contribution in [1.29, 1.82) is 5.41 Å². The van der Waals surface area contributed by atoms with Gasteiger partial charge in [-0.05, 0) is 43.1 Å². The van der Waals surface area contributed by atoms with E-state index in [0.29, 0.717) is 16.5 Å². The quantitative estimate of drug-likeness (QED) is 0.570. The summed E-state index contributed by atoms with van der Waals surface area (Å²) in [5.41, 5.74) is 0.737. The molecule has 1 N–H and O–H groups in total. The van der Waals surface area contributed by atoms with Gasteiger partial charge in [0, 0.05) is 17.1 Å². The summed E-state index contributed by atoms with van der Waals surface area (Å²) in [4.78, 5) is 16.0. The van der Waals surface area contributed by atoms with Crippen LogP contribution in [0.25, 0.3) is 10.9 Å². The first kappa shape index (κ1) is 14.8. The Morgan fingerprint density at radius 2 is 1.96 bits per heavy atom. The number of hydrogen-bond acceptors (Lipinski definition) is 2. The van der Waals surface area contributed by atoms with Crippen LogP contribution in [0, 0.1) is 17.0 Å². The van der Waals surface area contributed by atoms with Crippen LogP contribution in [-0.4, -0.2) is 23.0 Å². The molecule has 0 fully saturated rings. The van der Waals surface area contributed by atoms with E-state index >= 15 is 0 Å². The number of benzene rings is 2. The molecule has 1 heterocycles. The van der Waals surface area contributed by atoms with E-state index in [4.69, 9.17) is 5.41 Å². The monoisotopic (exact) mass is 311 g/mol. The fourth-order valence-corrected chi connectivity index (χ4v) is 2.36. The highest BCUT2D eigenvalue weighted by Crippen LogP contribution is 2.21. The molecule has 0 aliphatic carbocycles. The van der Waals surface area contributed by atoms with E-state index in [1.807, 2.05) is 0 Å². The average molecular weight is 311 g/mol. The summed E-state index contributed by atoms with van der Waals surface area (Å²) in [6.45, 7) is 3.30. The molecule has 0 aliphatic rings. The van der Waals surface area contributed by atoms with E-state index < -0.39 is 17.5 Å². The lowest BCUT2D eigenvalue weighted by Crippen LogP contribution is -2.13. The number of halogens is 2. The molecule has 6 heteroatoms. The number of carbonyl (C=O) groups excluding carboxylic acids is 1. The summed E-state index contributed by atoms with van der Waals surface area (Å²) >= 11 is 0. The summed E-state index contributed by atoms with van der Waals surface area (Å²) < 4.78 is 28.3. The van der Waals surface area contributed by atoms with Crippen LogP contribution in [0.3, 0.4) is 0 Å². The van der Waals surface area contributed by atoms with Crippen molar-refractivity contribution >= 4 is 29.4 Å². The molecule has 0 amide bonds. The fourth-order valence-electron chi connectivity index (χ4n) is 2.36. The highest BCUT2D eigenvalue weighted by molar-refractivity contribution is 6.05. The Balaban J connectivity index is 2.10. The Hall–Kier alpha value is -3.15. The average Bonchev–Trinajstić information content (AvgIpc) is 2.99. The lowest BCUT2D eigenvalue weighted by molar-refractivity contribution is 0.0960. The third-order valence-corrected chi connectivity index (χ3v) is 3.52. The van der Waals surface area contributed by atoms with Gasteiger partial charge in [0.15, 0.2) is 17.5 Å². The molecule has 114 valence electrons. The number of carbonyl (C=O) groups is 1. The van der Waals surface area contributed by atoms with Crippen LogP contribution in [-0.2, 0) is 0 Å². The first-order chi connectivity index (χ1) is 11.0. The third kappa shape index (κ3) is 2.44. The lowest BCUT2D eigenvalue weighted by Gasteiger charge is -2.06. The van der Waals surface area contributed by atoms with Crippen molar-refractivity contribution in [3.8, 4) is 0 Å². The van der Waals surface area contributed by atoms with E-state index in [1.165, 1.54) is 22.9 Å². The van der Waals surface area contributed by atoms with Gasteiger partial charge < -0.3 is 0 Å². The molecule has 0 bridgehead atoms. The van der Waals surface area contributed by atoms with Crippen LogP contribution < -0.4 is 0 Å². The predicted molar refractivity (Wildman–Crippen MR) is 84.4 cm³/mol. The summed E-state index contributed by atoms with van der Waals surface area (Å²) in [5.74, 6) is -2.89. The Kier molecular flexibility index (Phi) is 3.57. The highest BCUT2D eigenvalue weighted by Gasteiger charge is 2.18. The van der Waals surface area contributed by atoms with Gasteiger partial charge in [0.25, 0.3) is 5.91 Å². The molecular weight excluding hydrogens is 300 g/mol. The summed E-state index contributed by atoms with van der Waals surface area (Å²) in [6.07, 6.45) is 1.48. The largest absolute Gasteiger partial charge is 0.283 e. The van der Waals surface area contributed by atoms with Crippen molar-refractivity contribution in [2.75, 3.05) is 0 Å². The molecule has 0 spiro atoms. The van der Waals surface area contributed by atoms with Gasteiger partial charge in [0.1, 0.15) is 0 Å². The third-order valence-electron chi connectivity index (χ3n) is 3.52. The summed E-state index contributed by atoms with van der Waals surface area (Å²) in [7, 11) is 0. The van der Waals surface area contributed by atoms with E-state index in [9.17, 15) is 13.6 Å². The van der Waals surface area contributed by atoms with Crippen LogP contribution in [0.4, 0.5) is 8.78 Å². The van der Waals surface area contributed by atoms with Gasteiger partial charge >= 0.3 is 0 Å². The Morgan fingerprint density at radius 3 is 2.70 bits per heavy atom. The summed E-state index contributed by atoms with van der Waals surface area (Å²) in [6, 6.07) is 10.1. The molecule has 0 saturated heterocycles. The molecule has 1 aromatic heterocycles. The molecule has 0 radical (unpaired) electrons. The smallest absolute Gasteiger partial charge is 0.265 e. The molecule has 0 saturated carbocycles. The number of hydrogen-bond donors (Lipinski definition) is 1. The van der Waals surface area contributed by atoms with E-state index in [-0.39, 0.29) is 11.4 Å². The van der Waals surface area contributed by atoms with Gasteiger partial charge in [-0.2, -0.15) is 0 Å². The van der Waals surface area contributed by atoms with Crippen molar-refractivity contribution in [2.45, 2.75) is 0 Å². The maximum absolute atomic E-state index is 13.8. The molecule has 0 atom stereocenters. The SMILES string of the molecule is C=NC(=N)c1ccc2c(ccn2C(=O)c2cccc(F)c2F)c1. The van der Waals surface area contributed by atoms with Crippen LogP contribution in [0.5, 0.6) is 0 Å². The minimum atomic E-state index is -1.17. The van der Waals surface area contributed by atoms with E-state index in [1.54, 1.807) is 24.3 Å². The van der Waals surface area contributed by atoms with Crippen molar-refractivity contribution < 1.29 is 13.6 Å². The molecule has 4 nitrogen and oxygen atoms in total. The zero-order chi connectivity index (χ0) is 16.6. The van der Waals surface area contributed by atoms with E-state index in [2.05, 4.69) is 11.7 Å². The maximum atomic E-state index is 13.8. The zero-order valence-electron chi connectivity index (χ0n) is 11.9. The van der Waals surface area contributed by atoms with Gasteiger partial charge in [0.05, 0.1) is 11.1 Å². The topological polar surface area (TPSA) is 58.2 Å². The normalized spacial score (nSPS) is 10.7. The van der Waals surface area contributed by atoms with Crippen molar-refractivity contribution in [3.63, 3.8) is 0 Å². The van der Waals surface area contributed by atoms with Crippen molar-refractivity contribution in [2.24, 2.45) is 4.99 Å². The van der Waals surface area contributed by atoms with E-state index in [0.717, 1.165) is 6.07 Å².